The summed E-state index contributed by atoms with van der Waals surface area (Å²) in [5, 5.41) is 46.5. The summed E-state index contributed by atoms with van der Waals surface area (Å²) in [7, 11) is 4.91. The molecule has 0 spiro atoms. The lowest BCUT2D eigenvalue weighted by molar-refractivity contribution is -0.334. The van der Waals surface area contributed by atoms with Gasteiger partial charge in [0.05, 0.1) is 41.0 Å². The van der Waals surface area contributed by atoms with E-state index in [1.165, 1.54) is 14.2 Å². The van der Waals surface area contributed by atoms with Crippen molar-refractivity contribution in [3.8, 4) is 0 Å². The number of aliphatic hydroxyl groups is 4. The molecule has 0 aromatic heterocycles. The van der Waals surface area contributed by atoms with E-state index in [1.54, 1.807) is 41.5 Å². The van der Waals surface area contributed by atoms with Gasteiger partial charge in [-0.2, -0.15) is 0 Å². The number of aliphatic hydroxyl groups excluding tert-OH is 3. The first-order valence-corrected chi connectivity index (χ1v) is 19.1. The van der Waals surface area contributed by atoms with Crippen molar-refractivity contribution in [2.75, 3.05) is 27.8 Å². The number of hydrogen-bond donors (Lipinski definition) is 5. The highest BCUT2D eigenvalue weighted by molar-refractivity contribution is 5.74. The molecule has 6 N–H and O–H groups in total. The zero-order valence-electron chi connectivity index (χ0n) is 34.2. The molecule has 3 aliphatic heterocycles. The van der Waals surface area contributed by atoms with Crippen LogP contribution in [0.2, 0.25) is 0 Å². The maximum Gasteiger partial charge on any atom is 0.311 e. The minimum absolute atomic E-state index is 0.124. The van der Waals surface area contributed by atoms with Crippen LogP contribution in [0.1, 0.15) is 102 Å². The molecule has 3 heterocycles. The van der Waals surface area contributed by atoms with Gasteiger partial charge in [0.1, 0.15) is 30.0 Å². The van der Waals surface area contributed by atoms with Crippen LogP contribution in [-0.2, 0) is 38.0 Å². The summed E-state index contributed by atoms with van der Waals surface area (Å²) in [6.45, 7) is 20.3. The first-order valence-electron chi connectivity index (χ1n) is 19.1. The largest absolute Gasteiger partial charge is 0.459 e. The summed E-state index contributed by atoms with van der Waals surface area (Å²) in [4.78, 5) is 16.5. The molecule has 0 aromatic rings. The van der Waals surface area contributed by atoms with Crippen molar-refractivity contribution in [1.82, 2.24) is 4.90 Å². The summed E-state index contributed by atoms with van der Waals surface area (Å²) < 4.78 is 43.9. The quantitative estimate of drug-likeness (QED) is 0.239. The molecule has 18 atom stereocenters. The van der Waals surface area contributed by atoms with Crippen LogP contribution in [0.4, 0.5) is 0 Å². The van der Waals surface area contributed by atoms with E-state index in [-0.39, 0.29) is 24.9 Å². The van der Waals surface area contributed by atoms with Crippen molar-refractivity contribution >= 4 is 5.97 Å². The summed E-state index contributed by atoms with van der Waals surface area (Å²) in [5.74, 6) is -2.55. The number of hydrogen-bond acceptors (Lipinski definition) is 14. The Labute approximate surface area is 311 Å². The molecule has 3 saturated heterocycles. The molecule has 0 radical (unpaired) electrons. The molecular weight excluding hydrogens is 676 g/mol. The van der Waals surface area contributed by atoms with Crippen molar-refractivity contribution in [3.63, 3.8) is 0 Å². The number of methoxy groups -OCH3 is 2. The first-order chi connectivity index (χ1) is 23.9. The highest BCUT2D eigenvalue weighted by atomic mass is 16.7. The Kier molecular flexibility index (Phi) is 15.2. The van der Waals surface area contributed by atoms with Crippen molar-refractivity contribution in [1.29, 1.82) is 0 Å². The van der Waals surface area contributed by atoms with Gasteiger partial charge in [-0.3, -0.25) is 4.79 Å². The van der Waals surface area contributed by atoms with E-state index in [0.29, 0.717) is 19.4 Å². The number of esters is 1. The zero-order valence-corrected chi connectivity index (χ0v) is 34.2. The Morgan fingerprint density at radius 2 is 1.54 bits per heavy atom. The number of ether oxygens (including phenoxy) is 7. The molecule has 0 amide bonds. The van der Waals surface area contributed by atoms with E-state index in [2.05, 4.69) is 0 Å². The fourth-order valence-corrected chi connectivity index (χ4v) is 8.71. The molecule has 14 nitrogen and oxygen atoms in total. The van der Waals surface area contributed by atoms with Crippen LogP contribution in [0, 0.1) is 17.8 Å². The lowest BCUT2D eigenvalue weighted by Crippen LogP contribution is -2.63. The van der Waals surface area contributed by atoms with Gasteiger partial charge in [0.2, 0.25) is 0 Å². The summed E-state index contributed by atoms with van der Waals surface area (Å²) in [5.41, 5.74) is 0.957. The van der Waals surface area contributed by atoms with E-state index in [9.17, 15) is 25.2 Å². The second-order valence-electron chi connectivity index (χ2n) is 17.0. The van der Waals surface area contributed by atoms with Crippen LogP contribution in [0.15, 0.2) is 0 Å². The minimum Gasteiger partial charge on any atom is -0.459 e. The topological polar surface area (TPSA) is 192 Å². The molecule has 52 heavy (non-hydrogen) atoms. The molecular formula is C38H72N2O12. The van der Waals surface area contributed by atoms with Crippen molar-refractivity contribution in [2.24, 2.45) is 23.5 Å². The van der Waals surface area contributed by atoms with Gasteiger partial charge in [0.25, 0.3) is 0 Å². The van der Waals surface area contributed by atoms with E-state index in [0.717, 1.165) is 0 Å². The predicted octanol–water partition coefficient (Wildman–Crippen LogP) is 2.34. The molecule has 14 heteroatoms. The molecule has 0 aromatic carbocycles. The number of carbonyl (C=O) groups is 1. The van der Waals surface area contributed by atoms with Gasteiger partial charge in [-0.1, -0.05) is 20.8 Å². The van der Waals surface area contributed by atoms with Crippen LogP contribution in [0.3, 0.4) is 0 Å². The Balaban J connectivity index is 2.24. The number of carbonyl (C=O) groups excluding carboxylic acids is 1. The van der Waals surface area contributed by atoms with Crippen LogP contribution in [0.5, 0.6) is 0 Å². The fraction of sp³-hybridized carbons (Fsp3) is 0.974. The van der Waals surface area contributed by atoms with Crippen molar-refractivity contribution in [3.05, 3.63) is 0 Å². The van der Waals surface area contributed by atoms with Gasteiger partial charge in [-0.25, -0.2) is 0 Å². The number of likely N-dealkylation sites (N-methyl/N-ethyl adjacent to an activating group) is 1. The Bertz CT molecular complexity index is 1170. The molecule has 0 saturated carbocycles. The van der Waals surface area contributed by atoms with Gasteiger partial charge >= 0.3 is 5.97 Å². The maximum absolute atomic E-state index is 14.5. The second-order valence-corrected chi connectivity index (χ2v) is 17.0. The monoisotopic (exact) mass is 749 g/mol. The van der Waals surface area contributed by atoms with Crippen LogP contribution >= 0.6 is 0 Å². The number of nitrogens with zero attached hydrogens (tertiary/aromatic N) is 1. The average molecular weight is 749 g/mol. The fourth-order valence-electron chi connectivity index (χ4n) is 8.71. The Morgan fingerprint density at radius 1 is 0.923 bits per heavy atom. The van der Waals surface area contributed by atoms with Gasteiger partial charge < -0.3 is 64.2 Å². The van der Waals surface area contributed by atoms with Crippen LogP contribution < -0.4 is 5.73 Å². The van der Waals surface area contributed by atoms with E-state index < -0.39 is 101 Å². The van der Waals surface area contributed by atoms with E-state index in [1.807, 2.05) is 46.6 Å². The van der Waals surface area contributed by atoms with Gasteiger partial charge in [0, 0.05) is 45.2 Å². The molecule has 0 bridgehead atoms. The molecule has 3 aliphatic rings. The third-order valence-corrected chi connectivity index (χ3v) is 12.8. The van der Waals surface area contributed by atoms with Gasteiger partial charge in [0.15, 0.2) is 12.6 Å². The summed E-state index contributed by atoms with van der Waals surface area (Å²) in [6, 6.07) is -1.04. The number of cyclic esters (lactones) is 1. The summed E-state index contributed by atoms with van der Waals surface area (Å²) >= 11 is 0. The number of rotatable bonds is 7. The standard InChI is InChI=1S/C38H72N2O12/c1-15-27-38(11,47-14)30(42)24(6)40(12)19-20(2)17-35(8,45)32(51-34-29(41)26(39)16-21(3)48-34)22(4)37(10,23(5)33(44)50-27)52-28-18-36(9,46-13)31(43)25(7)49-28/h20-32,34,41-43,45H,15-19,39H2,1-14H3/t20-,21-,22-,23+,24-,25-,26-,27-,28-,29-,30-,31-,32-,34+,35-,36+,37+,38-/m1/s1. The average Bonchev–Trinajstić information content (AvgIpc) is 3.07. The van der Waals surface area contributed by atoms with Crippen LogP contribution in [0.25, 0.3) is 0 Å². The second kappa shape index (κ2) is 17.4. The van der Waals surface area contributed by atoms with Gasteiger partial charge in [-0.05, 0) is 87.6 Å². The zero-order chi connectivity index (χ0) is 39.7. The SMILES string of the molecule is CC[C@H]1OC(=O)[C@H](C)[C@@](C)(O[C@@H]2C[C@](C)(OC)[C@H](O)[C@@H](C)O2)[C@H](C)[C@@H](O[C@@H]2O[C@H](C)C[C@@H](N)[C@H]2O)[C@](C)(O)C[C@@H](C)CN(C)[C@H](C)[C@@H](O)[C@]1(C)OC. The predicted molar refractivity (Wildman–Crippen MR) is 194 cm³/mol. The molecule has 3 fully saturated rings. The lowest BCUT2D eigenvalue weighted by atomic mass is 9.71. The highest BCUT2D eigenvalue weighted by Gasteiger charge is 2.57. The highest BCUT2D eigenvalue weighted by Crippen LogP contribution is 2.45. The van der Waals surface area contributed by atoms with Crippen molar-refractivity contribution < 1.29 is 58.4 Å². The van der Waals surface area contributed by atoms with Gasteiger partial charge in [-0.15, -0.1) is 0 Å². The molecule has 306 valence electrons. The lowest BCUT2D eigenvalue weighted by Gasteiger charge is -2.52. The smallest absolute Gasteiger partial charge is 0.311 e. The maximum atomic E-state index is 14.5. The minimum atomic E-state index is -1.57. The Morgan fingerprint density at radius 3 is 2.10 bits per heavy atom. The van der Waals surface area contributed by atoms with Crippen LogP contribution in [-0.4, -0.2) is 149 Å². The third kappa shape index (κ3) is 9.33. The molecule has 0 unspecified atom stereocenters. The number of nitrogens with two attached hydrogens (primary N) is 1. The first kappa shape index (κ1) is 45.4. The summed E-state index contributed by atoms with van der Waals surface area (Å²) in [6.07, 6.45) is -7.10. The van der Waals surface area contributed by atoms with E-state index in [4.69, 9.17) is 38.9 Å². The molecule has 0 aliphatic carbocycles. The molecule has 3 rings (SSSR count). The van der Waals surface area contributed by atoms with Crippen molar-refractivity contribution in [2.45, 2.75) is 192 Å². The normalized spacial score (nSPS) is 50.9. The Hall–Kier alpha value is -1.01. The van der Waals surface area contributed by atoms with E-state index >= 15 is 0 Å². The third-order valence-electron chi connectivity index (χ3n) is 12.8.